The van der Waals surface area contributed by atoms with Gasteiger partial charge in [0.15, 0.2) is 5.65 Å². The van der Waals surface area contributed by atoms with E-state index in [9.17, 15) is 18.4 Å². The van der Waals surface area contributed by atoms with E-state index in [1.54, 1.807) is 43.6 Å². The first kappa shape index (κ1) is 17.6. The van der Waals surface area contributed by atoms with Gasteiger partial charge in [-0.3, -0.25) is 9.20 Å². The number of benzene rings is 1. The number of hydrogen-bond donors (Lipinski definition) is 0. The summed E-state index contributed by atoms with van der Waals surface area (Å²) in [6, 6.07) is 11.1. The first-order chi connectivity index (χ1) is 12.4. The standard InChI is InChI=1S/C17H16F2N4O3/c1-21(10-12-5-7-13(8-6-12)26-16(18)19)15(24)11-23-17(25)22-9-3-2-4-14(22)20-23/h2-9,16H,10-11H2,1H3. The molecule has 0 bridgehead atoms. The Morgan fingerprint density at radius 2 is 1.96 bits per heavy atom. The number of ether oxygens (including phenoxy) is 1. The summed E-state index contributed by atoms with van der Waals surface area (Å²) in [5, 5.41) is 4.11. The number of hydrogen-bond acceptors (Lipinski definition) is 4. The summed E-state index contributed by atoms with van der Waals surface area (Å²) in [6.45, 7) is -2.81. The Morgan fingerprint density at radius 3 is 2.62 bits per heavy atom. The van der Waals surface area contributed by atoms with E-state index < -0.39 is 12.3 Å². The fraction of sp³-hybridized carbons (Fsp3) is 0.235. The number of likely N-dealkylation sites (N-methyl/N-ethyl adjacent to an activating group) is 1. The van der Waals surface area contributed by atoms with Gasteiger partial charge in [0.1, 0.15) is 12.3 Å². The number of alkyl halides is 2. The van der Waals surface area contributed by atoms with Crippen molar-refractivity contribution in [3.05, 3.63) is 64.7 Å². The molecule has 0 saturated heterocycles. The Bertz CT molecular complexity index is 966. The van der Waals surface area contributed by atoms with Gasteiger partial charge in [-0.1, -0.05) is 18.2 Å². The average Bonchev–Trinajstić information content (AvgIpc) is 2.92. The Kier molecular flexibility index (Phi) is 4.97. The summed E-state index contributed by atoms with van der Waals surface area (Å²) in [5.74, 6) is -0.252. The van der Waals surface area contributed by atoms with Crippen LogP contribution in [0.25, 0.3) is 5.65 Å². The maximum Gasteiger partial charge on any atom is 0.387 e. The molecule has 0 aliphatic carbocycles. The highest BCUT2D eigenvalue weighted by atomic mass is 19.3. The number of fused-ring (bicyclic) bond motifs is 1. The third-order valence-corrected chi connectivity index (χ3v) is 3.77. The van der Waals surface area contributed by atoms with E-state index in [2.05, 4.69) is 9.84 Å². The molecule has 136 valence electrons. The molecule has 2 aromatic heterocycles. The first-order valence-electron chi connectivity index (χ1n) is 7.76. The van der Waals surface area contributed by atoms with E-state index in [1.807, 2.05) is 0 Å². The zero-order valence-electron chi connectivity index (χ0n) is 13.9. The average molecular weight is 362 g/mol. The van der Waals surface area contributed by atoms with Crippen LogP contribution in [0.4, 0.5) is 8.78 Å². The van der Waals surface area contributed by atoms with E-state index >= 15 is 0 Å². The van der Waals surface area contributed by atoms with Crippen LogP contribution in [0.3, 0.4) is 0 Å². The van der Waals surface area contributed by atoms with Gasteiger partial charge >= 0.3 is 12.3 Å². The van der Waals surface area contributed by atoms with Gasteiger partial charge in [0.25, 0.3) is 0 Å². The fourth-order valence-corrected chi connectivity index (χ4v) is 2.46. The molecule has 0 saturated carbocycles. The predicted molar refractivity (Wildman–Crippen MR) is 89.0 cm³/mol. The van der Waals surface area contributed by atoms with Crippen molar-refractivity contribution in [2.45, 2.75) is 19.7 Å². The number of amides is 1. The summed E-state index contributed by atoms with van der Waals surface area (Å²) in [7, 11) is 1.59. The third-order valence-electron chi connectivity index (χ3n) is 3.77. The van der Waals surface area contributed by atoms with Crippen LogP contribution >= 0.6 is 0 Å². The molecule has 0 radical (unpaired) electrons. The predicted octanol–water partition coefficient (Wildman–Crippen LogP) is 1.76. The molecule has 0 fully saturated rings. The summed E-state index contributed by atoms with van der Waals surface area (Å²) >= 11 is 0. The molecule has 0 N–H and O–H groups in total. The maximum absolute atomic E-state index is 12.4. The molecule has 0 unspecified atom stereocenters. The highest BCUT2D eigenvalue weighted by Crippen LogP contribution is 2.15. The smallest absolute Gasteiger partial charge is 0.387 e. The number of carbonyl (C=O) groups is 1. The minimum Gasteiger partial charge on any atom is -0.435 e. The number of aromatic nitrogens is 3. The molecule has 0 aliphatic rings. The minimum atomic E-state index is -2.88. The molecule has 0 aliphatic heterocycles. The van der Waals surface area contributed by atoms with Gasteiger partial charge in [-0.15, -0.1) is 5.10 Å². The molecule has 0 atom stereocenters. The number of pyridine rings is 1. The minimum absolute atomic E-state index is 0.0500. The van der Waals surface area contributed by atoms with Crippen LogP contribution < -0.4 is 10.4 Å². The van der Waals surface area contributed by atoms with Gasteiger partial charge in [-0.25, -0.2) is 9.48 Å². The summed E-state index contributed by atoms with van der Waals surface area (Å²) < 4.78 is 31.0. The summed E-state index contributed by atoms with van der Waals surface area (Å²) in [5.41, 5.74) is 0.809. The SMILES string of the molecule is CN(Cc1ccc(OC(F)F)cc1)C(=O)Cn1nc2ccccn2c1=O. The molecule has 7 nitrogen and oxygen atoms in total. The molecule has 2 heterocycles. The largest absolute Gasteiger partial charge is 0.435 e. The fourth-order valence-electron chi connectivity index (χ4n) is 2.46. The lowest BCUT2D eigenvalue weighted by Crippen LogP contribution is -2.33. The third kappa shape index (κ3) is 3.88. The van der Waals surface area contributed by atoms with Crippen molar-refractivity contribution in [3.8, 4) is 5.75 Å². The zero-order chi connectivity index (χ0) is 18.7. The van der Waals surface area contributed by atoms with Gasteiger partial charge in [-0.05, 0) is 29.8 Å². The van der Waals surface area contributed by atoms with Crippen molar-refractivity contribution in [1.29, 1.82) is 0 Å². The molecular weight excluding hydrogens is 346 g/mol. The highest BCUT2D eigenvalue weighted by molar-refractivity contribution is 5.75. The lowest BCUT2D eigenvalue weighted by Gasteiger charge is -2.17. The Labute approximate surface area is 147 Å². The van der Waals surface area contributed by atoms with Gasteiger partial charge in [-0.2, -0.15) is 8.78 Å². The number of halogens is 2. The topological polar surface area (TPSA) is 68.8 Å². The Hall–Kier alpha value is -3.23. The maximum atomic E-state index is 12.4. The molecule has 3 rings (SSSR count). The molecular formula is C17H16F2N4O3. The van der Waals surface area contributed by atoms with E-state index in [1.165, 1.54) is 21.4 Å². The van der Waals surface area contributed by atoms with Crippen molar-refractivity contribution >= 4 is 11.6 Å². The van der Waals surface area contributed by atoms with Gasteiger partial charge in [0, 0.05) is 19.8 Å². The molecule has 3 aromatic rings. The first-order valence-corrected chi connectivity index (χ1v) is 7.76. The lowest BCUT2D eigenvalue weighted by molar-refractivity contribution is -0.131. The van der Waals surface area contributed by atoms with Crippen LogP contribution in [-0.2, 0) is 17.9 Å². The molecule has 9 heteroatoms. The molecule has 26 heavy (non-hydrogen) atoms. The van der Waals surface area contributed by atoms with Crippen LogP contribution in [0.2, 0.25) is 0 Å². The van der Waals surface area contributed by atoms with Crippen LogP contribution in [0, 0.1) is 0 Å². The van der Waals surface area contributed by atoms with Gasteiger partial charge in [0.2, 0.25) is 5.91 Å². The van der Waals surface area contributed by atoms with Crippen molar-refractivity contribution in [3.63, 3.8) is 0 Å². The van der Waals surface area contributed by atoms with Gasteiger partial charge < -0.3 is 9.64 Å². The second-order valence-corrected chi connectivity index (χ2v) is 5.64. The van der Waals surface area contributed by atoms with E-state index in [4.69, 9.17) is 0 Å². The monoisotopic (exact) mass is 362 g/mol. The quantitative estimate of drug-likeness (QED) is 0.670. The second kappa shape index (κ2) is 7.34. The van der Waals surface area contributed by atoms with Crippen LogP contribution in [0.15, 0.2) is 53.5 Å². The Morgan fingerprint density at radius 1 is 1.23 bits per heavy atom. The van der Waals surface area contributed by atoms with Crippen LogP contribution in [-0.4, -0.2) is 38.6 Å². The summed E-state index contributed by atoms with van der Waals surface area (Å²) in [4.78, 5) is 26.0. The van der Waals surface area contributed by atoms with Crippen molar-refractivity contribution in [2.75, 3.05) is 7.05 Å². The van der Waals surface area contributed by atoms with E-state index in [0.717, 1.165) is 10.2 Å². The van der Waals surface area contributed by atoms with E-state index in [0.29, 0.717) is 5.65 Å². The van der Waals surface area contributed by atoms with Crippen LogP contribution in [0.1, 0.15) is 5.56 Å². The highest BCUT2D eigenvalue weighted by Gasteiger charge is 2.14. The normalized spacial score (nSPS) is 11.1. The zero-order valence-corrected chi connectivity index (χ0v) is 13.9. The number of carbonyl (C=O) groups excluding carboxylic acids is 1. The lowest BCUT2D eigenvalue weighted by atomic mass is 10.2. The van der Waals surface area contributed by atoms with E-state index in [-0.39, 0.29) is 24.7 Å². The second-order valence-electron chi connectivity index (χ2n) is 5.64. The van der Waals surface area contributed by atoms with Crippen molar-refractivity contribution < 1.29 is 18.3 Å². The Balaban J connectivity index is 1.65. The molecule has 1 amide bonds. The van der Waals surface area contributed by atoms with Crippen molar-refractivity contribution in [2.24, 2.45) is 0 Å². The number of nitrogens with zero attached hydrogens (tertiary/aromatic N) is 4. The van der Waals surface area contributed by atoms with Crippen molar-refractivity contribution in [1.82, 2.24) is 19.1 Å². The van der Waals surface area contributed by atoms with Gasteiger partial charge in [0.05, 0.1) is 0 Å². The van der Waals surface area contributed by atoms with Crippen LogP contribution in [0.5, 0.6) is 5.75 Å². The number of rotatable bonds is 6. The molecule has 0 spiro atoms. The molecule has 1 aromatic carbocycles. The summed E-state index contributed by atoms with van der Waals surface area (Å²) in [6.07, 6.45) is 1.58.